The normalized spacial score (nSPS) is 15.4. The molecule has 1 aromatic heterocycles. The van der Waals surface area contributed by atoms with E-state index in [0.717, 1.165) is 6.42 Å². The van der Waals surface area contributed by atoms with Gasteiger partial charge in [0.15, 0.2) is 0 Å². The Bertz CT molecular complexity index is 594. The van der Waals surface area contributed by atoms with Gasteiger partial charge in [-0.15, -0.1) is 11.3 Å². The third-order valence-electron chi connectivity index (χ3n) is 4.15. The van der Waals surface area contributed by atoms with Crippen molar-refractivity contribution in [3.63, 3.8) is 0 Å². The molecule has 1 atom stereocenters. The van der Waals surface area contributed by atoms with E-state index in [4.69, 9.17) is 5.84 Å². The van der Waals surface area contributed by atoms with Gasteiger partial charge in [-0.3, -0.25) is 5.84 Å². The maximum Gasteiger partial charge on any atom is 0.0802 e. The first-order chi connectivity index (χ1) is 10.2. The Morgan fingerprint density at radius 1 is 1.24 bits per heavy atom. The van der Waals surface area contributed by atoms with E-state index < -0.39 is 0 Å². The molecule has 2 nitrogen and oxygen atoms in total. The molecule has 3 N–H and O–H groups in total. The average molecular weight is 300 g/mol. The number of hydrogen-bond donors (Lipinski definition) is 2. The van der Waals surface area contributed by atoms with Crippen LogP contribution in [0.4, 0.5) is 0 Å². The van der Waals surface area contributed by atoms with E-state index in [1.807, 2.05) is 11.3 Å². The fourth-order valence-corrected chi connectivity index (χ4v) is 4.55. The van der Waals surface area contributed by atoms with Gasteiger partial charge in [-0.25, -0.2) is 5.43 Å². The lowest BCUT2D eigenvalue weighted by molar-refractivity contribution is 0.633. The predicted octanol–water partition coefficient (Wildman–Crippen LogP) is 3.99. The molecular formula is C18H24N2S. The van der Waals surface area contributed by atoms with E-state index in [9.17, 15) is 0 Å². The monoisotopic (exact) mass is 300 g/mol. The van der Waals surface area contributed by atoms with Crippen molar-refractivity contribution in [3.8, 4) is 0 Å². The van der Waals surface area contributed by atoms with Crippen LogP contribution in [0.5, 0.6) is 0 Å². The number of aryl methyl sites for hydroxylation is 2. The molecule has 3 rings (SSSR count). The van der Waals surface area contributed by atoms with Gasteiger partial charge < -0.3 is 0 Å². The van der Waals surface area contributed by atoms with Crippen molar-refractivity contribution in [1.82, 2.24) is 5.43 Å². The van der Waals surface area contributed by atoms with Crippen molar-refractivity contribution in [3.05, 3.63) is 56.8 Å². The summed E-state index contributed by atoms with van der Waals surface area (Å²) in [5, 5.41) is 0. The average Bonchev–Trinajstić information content (AvgIpc) is 3.00. The van der Waals surface area contributed by atoms with E-state index in [-0.39, 0.29) is 6.04 Å². The molecular weight excluding hydrogens is 276 g/mol. The molecule has 21 heavy (non-hydrogen) atoms. The Kier molecular flexibility index (Phi) is 4.43. The van der Waals surface area contributed by atoms with Crippen molar-refractivity contribution >= 4 is 11.3 Å². The first kappa shape index (κ1) is 14.8. The molecule has 0 aliphatic heterocycles. The quantitative estimate of drug-likeness (QED) is 0.647. The SMILES string of the molecule is CC(C)Cc1cccc(C(NN)c2cc3c(s2)CCC3)c1. The predicted molar refractivity (Wildman–Crippen MR) is 90.5 cm³/mol. The van der Waals surface area contributed by atoms with E-state index >= 15 is 0 Å². The highest BCUT2D eigenvalue weighted by atomic mass is 32.1. The molecule has 1 unspecified atom stereocenters. The number of hydrogen-bond acceptors (Lipinski definition) is 3. The summed E-state index contributed by atoms with van der Waals surface area (Å²) in [4.78, 5) is 2.91. The zero-order chi connectivity index (χ0) is 14.8. The molecule has 1 aliphatic carbocycles. The van der Waals surface area contributed by atoms with Crippen LogP contribution in [0.2, 0.25) is 0 Å². The molecule has 1 aliphatic rings. The van der Waals surface area contributed by atoms with Crippen LogP contribution < -0.4 is 11.3 Å². The van der Waals surface area contributed by atoms with Gasteiger partial charge in [0.05, 0.1) is 6.04 Å². The molecule has 1 heterocycles. The number of thiophene rings is 1. The number of rotatable bonds is 5. The Morgan fingerprint density at radius 3 is 2.81 bits per heavy atom. The Balaban J connectivity index is 1.88. The summed E-state index contributed by atoms with van der Waals surface area (Å²) in [6, 6.07) is 11.3. The molecule has 0 amide bonds. The van der Waals surface area contributed by atoms with Crippen LogP contribution in [0.1, 0.15) is 52.8 Å². The molecule has 3 heteroatoms. The van der Waals surface area contributed by atoms with Crippen LogP contribution in [0, 0.1) is 5.92 Å². The van der Waals surface area contributed by atoms with E-state index in [1.54, 1.807) is 4.88 Å². The first-order valence-electron chi connectivity index (χ1n) is 7.84. The van der Waals surface area contributed by atoms with Gasteiger partial charge >= 0.3 is 0 Å². The van der Waals surface area contributed by atoms with Crippen LogP contribution in [0.3, 0.4) is 0 Å². The van der Waals surface area contributed by atoms with Crippen molar-refractivity contribution in [2.75, 3.05) is 0 Å². The van der Waals surface area contributed by atoms with Crippen LogP contribution in [0.25, 0.3) is 0 Å². The van der Waals surface area contributed by atoms with E-state index in [0.29, 0.717) is 5.92 Å². The van der Waals surface area contributed by atoms with Crippen LogP contribution in [-0.2, 0) is 19.3 Å². The highest BCUT2D eigenvalue weighted by Crippen LogP contribution is 2.36. The first-order valence-corrected chi connectivity index (χ1v) is 8.65. The summed E-state index contributed by atoms with van der Waals surface area (Å²) in [6.07, 6.45) is 4.90. The minimum absolute atomic E-state index is 0.118. The molecule has 2 aromatic rings. The molecule has 0 radical (unpaired) electrons. The van der Waals surface area contributed by atoms with E-state index in [1.165, 1.54) is 40.8 Å². The fraction of sp³-hybridized carbons (Fsp3) is 0.444. The number of nitrogens with one attached hydrogen (secondary N) is 1. The molecule has 0 bridgehead atoms. The van der Waals surface area contributed by atoms with E-state index in [2.05, 4.69) is 49.6 Å². The third kappa shape index (κ3) is 3.20. The van der Waals surface area contributed by atoms with Crippen molar-refractivity contribution in [1.29, 1.82) is 0 Å². The summed E-state index contributed by atoms with van der Waals surface area (Å²) in [6.45, 7) is 4.52. The van der Waals surface area contributed by atoms with Gasteiger partial charge in [-0.2, -0.15) is 0 Å². The van der Waals surface area contributed by atoms with Crippen molar-refractivity contribution in [2.45, 2.75) is 45.6 Å². The van der Waals surface area contributed by atoms with Crippen molar-refractivity contribution < 1.29 is 0 Å². The highest BCUT2D eigenvalue weighted by Gasteiger charge is 2.20. The maximum absolute atomic E-state index is 5.86. The Labute approximate surface area is 131 Å². The van der Waals surface area contributed by atoms with Crippen LogP contribution >= 0.6 is 11.3 Å². The highest BCUT2D eigenvalue weighted by molar-refractivity contribution is 7.12. The molecule has 1 aromatic carbocycles. The summed E-state index contributed by atoms with van der Waals surface area (Å²) >= 11 is 1.93. The maximum atomic E-state index is 5.86. The number of hydrazine groups is 1. The lowest BCUT2D eigenvalue weighted by Crippen LogP contribution is -2.28. The second kappa shape index (κ2) is 6.30. The minimum Gasteiger partial charge on any atom is -0.271 e. The molecule has 0 saturated heterocycles. The molecule has 0 spiro atoms. The standard InChI is InChI=1S/C18H24N2S/c1-12(2)9-13-5-3-7-15(10-13)18(20-19)17-11-14-6-4-8-16(14)21-17/h3,5,7,10-12,18,20H,4,6,8-9,19H2,1-2H3. The number of fused-ring (bicyclic) bond motifs is 1. The summed E-state index contributed by atoms with van der Waals surface area (Å²) < 4.78 is 0. The number of benzene rings is 1. The largest absolute Gasteiger partial charge is 0.271 e. The minimum atomic E-state index is 0.118. The van der Waals surface area contributed by atoms with Gasteiger partial charge in [0.2, 0.25) is 0 Å². The van der Waals surface area contributed by atoms with Crippen LogP contribution in [-0.4, -0.2) is 0 Å². The fourth-order valence-electron chi connectivity index (χ4n) is 3.21. The Hall–Kier alpha value is -1.16. The molecule has 0 fully saturated rings. The molecule has 112 valence electrons. The summed E-state index contributed by atoms with van der Waals surface area (Å²) in [5.74, 6) is 6.54. The van der Waals surface area contributed by atoms with Gasteiger partial charge in [-0.05, 0) is 54.4 Å². The van der Waals surface area contributed by atoms with Gasteiger partial charge in [0.25, 0.3) is 0 Å². The zero-order valence-electron chi connectivity index (χ0n) is 12.9. The second-order valence-electron chi connectivity index (χ2n) is 6.39. The Morgan fingerprint density at radius 2 is 2.10 bits per heavy atom. The summed E-state index contributed by atoms with van der Waals surface area (Å²) in [7, 11) is 0. The van der Waals surface area contributed by atoms with Crippen LogP contribution in [0.15, 0.2) is 30.3 Å². The third-order valence-corrected chi connectivity index (χ3v) is 5.45. The zero-order valence-corrected chi connectivity index (χ0v) is 13.7. The van der Waals surface area contributed by atoms with Gasteiger partial charge in [-0.1, -0.05) is 38.1 Å². The van der Waals surface area contributed by atoms with Gasteiger partial charge in [0.1, 0.15) is 0 Å². The molecule has 0 saturated carbocycles. The topological polar surface area (TPSA) is 38.0 Å². The lowest BCUT2D eigenvalue weighted by Gasteiger charge is -2.16. The number of nitrogens with two attached hydrogens (primary N) is 1. The smallest absolute Gasteiger partial charge is 0.0802 e. The van der Waals surface area contributed by atoms with Gasteiger partial charge in [0, 0.05) is 9.75 Å². The van der Waals surface area contributed by atoms with Crippen molar-refractivity contribution in [2.24, 2.45) is 11.8 Å². The lowest BCUT2D eigenvalue weighted by atomic mass is 9.97. The summed E-state index contributed by atoms with van der Waals surface area (Å²) in [5.41, 5.74) is 7.22. The second-order valence-corrected chi connectivity index (χ2v) is 7.56.